The molecule has 0 aliphatic rings. The van der Waals surface area contributed by atoms with Crippen LogP contribution in [0.5, 0.6) is 0 Å². The molecule has 80 valence electrons. The number of hydrogen-bond acceptors (Lipinski definition) is 3. The minimum absolute atomic E-state index is 0.0156. The van der Waals surface area contributed by atoms with Gasteiger partial charge in [-0.15, -0.1) is 0 Å². The molecule has 0 aromatic carbocycles. The van der Waals surface area contributed by atoms with Crippen molar-refractivity contribution in [3.8, 4) is 0 Å². The summed E-state index contributed by atoms with van der Waals surface area (Å²) < 4.78 is 7.78. The number of aliphatic hydroxyl groups is 1. The van der Waals surface area contributed by atoms with Crippen LogP contribution in [0.1, 0.15) is 19.0 Å². The zero-order valence-electron chi connectivity index (χ0n) is 8.32. The lowest BCUT2D eigenvalue weighted by Gasteiger charge is -2.06. The number of imidazole rings is 1. The minimum atomic E-state index is 0.0156. The van der Waals surface area contributed by atoms with E-state index in [9.17, 15) is 0 Å². The van der Waals surface area contributed by atoms with Gasteiger partial charge in [-0.25, -0.2) is 0 Å². The van der Waals surface area contributed by atoms with E-state index in [1.807, 2.05) is 11.5 Å². The fourth-order valence-corrected chi connectivity index (χ4v) is 1.54. The Bertz CT molecular complexity index is 319. The summed E-state index contributed by atoms with van der Waals surface area (Å²) in [4.78, 5) is 2.91. The van der Waals surface area contributed by atoms with E-state index in [2.05, 4.69) is 4.98 Å². The molecule has 0 aliphatic heterocycles. The van der Waals surface area contributed by atoms with Gasteiger partial charge in [0, 0.05) is 26.0 Å². The molecule has 0 atom stereocenters. The Balaban J connectivity index is 2.48. The van der Waals surface area contributed by atoms with Crippen LogP contribution in [-0.2, 0) is 17.9 Å². The predicted molar refractivity (Wildman–Crippen MR) is 56.6 cm³/mol. The molecule has 1 rings (SSSR count). The first-order chi connectivity index (χ1) is 6.79. The van der Waals surface area contributed by atoms with Crippen LogP contribution in [0, 0.1) is 4.77 Å². The molecule has 1 aromatic rings. The average molecular weight is 216 g/mol. The summed E-state index contributed by atoms with van der Waals surface area (Å²) in [6.07, 6.45) is 2.65. The molecule has 0 saturated heterocycles. The monoisotopic (exact) mass is 216 g/mol. The summed E-state index contributed by atoms with van der Waals surface area (Å²) in [6, 6.07) is 0. The van der Waals surface area contributed by atoms with Crippen LogP contribution < -0.4 is 0 Å². The van der Waals surface area contributed by atoms with Gasteiger partial charge in [0.2, 0.25) is 0 Å². The van der Waals surface area contributed by atoms with Crippen molar-refractivity contribution in [3.05, 3.63) is 16.7 Å². The SMILES string of the molecule is CCOCCCn1c(CO)c[nH]c1=S. The highest BCUT2D eigenvalue weighted by Crippen LogP contribution is 2.03. The van der Waals surface area contributed by atoms with Crippen molar-refractivity contribution in [2.45, 2.75) is 26.5 Å². The molecule has 1 heterocycles. The predicted octanol–water partition coefficient (Wildman–Crippen LogP) is 1.46. The lowest BCUT2D eigenvalue weighted by Crippen LogP contribution is -2.06. The van der Waals surface area contributed by atoms with Crippen molar-refractivity contribution >= 4 is 12.2 Å². The highest BCUT2D eigenvalue weighted by atomic mass is 32.1. The highest BCUT2D eigenvalue weighted by Gasteiger charge is 2.01. The first-order valence-corrected chi connectivity index (χ1v) is 5.16. The Kier molecular flexibility index (Phi) is 4.86. The zero-order chi connectivity index (χ0) is 10.4. The van der Waals surface area contributed by atoms with Crippen molar-refractivity contribution in [2.75, 3.05) is 13.2 Å². The molecule has 2 N–H and O–H groups in total. The molecule has 0 spiro atoms. The summed E-state index contributed by atoms with van der Waals surface area (Å²) in [7, 11) is 0. The van der Waals surface area contributed by atoms with Gasteiger partial charge in [-0.3, -0.25) is 0 Å². The first-order valence-electron chi connectivity index (χ1n) is 4.75. The van der Waals surface area contributed by atoms with Crippen LogP contribution in [0.3, 0.4) is 0 Å². The van der Waals surface area contributed by atoms with Crippen molar-refractivity contribution in [1.82, 2.24) is 9.55 Å². The molecule has 0 radical (unpaired) electrons. The fraction of sp³-hybridized carbons (Fsp3) is 0.667. The number of aromatic nitrogens is 2. The standard InChI is InChI=1S/C9H16N2O2S/c1-2-13-5-3-4-11-8(7-12)6-10-9(11)14/h6,12H,2-5,7H2,1H3,(H,10,14). The summed E-state index contributed by atoms with van der Waals surface area (Å²) in [5.41, 5.74) is 0.825. The quantitative estimate of drug-likeness (QED) is 0.559. The van der Waals surface area contributed by atoms with E-state index in [0.29, 0.717) is 4.77 Å². The second-order valence-corrected chi connectivity index (χ2v) is 3.33. The minimum Gasteiger partial charge on any atom is -0.390 e. The van der Waals surface area contributed by atoms with Crippen LogP contribution in [0.4, 0.5) is 0 Å². The number of aromatic amines is 1. The molecule has 1 aromatic heterocycles. The maximum atomic E-state index is 9.02. The Labute approximate surface area is 88.5 Å². The maximum Gasteiger partial charge on any atom is 0.177 e. The molecular formula is C9H16N2O2S. The van der Waals surface area contributed by atoms with E-state index in [4.69, 9.17) is 22.1 Å². The Morgan fingerprint density at radius 1 is 1.64 bits per heavy atom. The van der Waals surface area contributed by atoms with Gasteiger partial charge in [-0.2, -0.15) is 0 Å². The van der Waals surface area contributed by atoms with Gasteiger partial charge in [-0.1, -0.05) is 0 Å². The van der Waals surface area contributed by atoms with E-state index in [1.54, 1.807) is 6.20 Å². The summed E-state index contributed by atoms with van der Waals surface area (Å²) in [5, 5.41) is 9.02. The zero-order valence-corrected chi connectivity index (χ0v) is 9.14. The second kappa shape index (κ2) is 5.95. The molecular weight excluding hydrogens is 200 g/mol. The molecule has 0 saturated carbocycles. The molecule has 0 amide bonds. The highest BCUT2D eigenvalue weighted by molar-refractivity contribution is 7.71. The van der Waals surface area contributed by atoms with Gasteiger partial charge >= 0.3 is 0 Å². The van der Waals surface area contributed by atoms with Gasteiger partial charge < -0.3 is 19.4 Å². The van der Waals surface area contributed by atoms with Crippen molar-refractivity contribution in [1.29, 1.82) is 0 Å². The summed E-state index contributed by atoms with van der Waals surface area (Å²) in [6.45, 7) is 4.25. The van der Waals surface area contributed by atoms with Crippen molar-refractivity contribution < 1.29 is 9.84 Å². The van der Waals surface area contributed by atoms with Gasteiger partial charge in [0.1, 0.15) is 0 Å². The van der Waals surface area contributed by atoms with Crippen LogP contribution in [-0.4, -0.2) is 27.9 Å². The lowest BCUT2D eigenvalue weighted by molar-refractivity contribution is 0.141. The molecule has 0 unspecified atom stereocenters. The van der Waals surface area contributed by atoms with Gasteiger partial charge in [0.15, 0.2) is 4.77 Å². The van der Waals surface area contributed by atoms with Crippen molar-refractivity contribution in [2.24, 2.45) is 0 Å². The van der Waals surface area contributed by atoms with Crippen LogP contribution >= 0.6 is 12.2 Å². The molecule has 0 aliphatic carbocycles. The number of hydrogen-bond donors (Lipinski definition) is 2. The molecule has 4 nitrogen and oxygen atoms in total. The Morgan fingerprint density at radius 2 is 2.43 bits per heavy atom. The smallest absolute Gasteiger partial charge is 0.177 e. The first kappa shape index (κ1) is 11.4. The van der Waals surface area contributed by atoms with Gasteiger partial charge in [-0.05, 0) is 25.6 Å². The topological polar surface area (TPSA) is 50.2 Å². The number of nitrogens with zero attached hydrogens (tertiary/aromatic N) is 1. The molecule has 5 heteroatoms. The van der Waals surface area contributed by atoms with Crippen LogP contribution in [0.25, 0.3) is 0 Å². The third-order valence-corrected chi connectivity index (χ3v) is 2.33. The third kappa shape index (κ3) is 2.94. The number of ether oxygens (including phenoxy) is 1. The van der Waals surface area contributed by atoms with E-state index >= 15 is 0 Å². The third-order valence-electron chi connectivity index (χ3n) is 1.99. The molecule has 0 fully saturated rings. The fourth-order valence-electron chi connectivity index (χ4n) is 1.28. The second-order valence-electron chi connectivity index (χ2n) is 2.95. The molecule has 0 bridgehead atoms. The number of H-pyrrole nitrogens is 1. The number of nitrogens with one attached hydrogen (secondary N) is 1. The van der Waals surface area contributed by atoms with Gasteiger partial charge in [0.05, 0.1) is 12.3 Å². The maximum absolute atomic E-state index is 9.02. The van der Waals surface area contributed by atoms with E-state index in [-0.39, 0.29) is 6.61 Å². The Morgan fingerprint density at radius 3 is 3.07 bits per heavy atom. The van der Waals surface area contributed by atoms with E-state index in [1.165, 1.54) is 0 Å². The summed E-state index contributed by atoms with van der Waals surface area (Å²) >= 11 is 5.07. The number of aliphatic hydroxyl groups excluding tert-OH is 1. The normalized spacial score (nSPS) is 10.7. The van der Waals surface area contributed by atoms with Crippen LogP contribution in [0.2, 0.25) is 0 Å². The lowest BCUT2D eigenvalue weighted by atomic mass is 10.4. The largest absolute Gasteiger partial charge is 0.390 e. The van der Waals surface area contributed by atoms with E-state index < -0.39 is 0 Å². The van der Waals surface area contributed by atoms with Crippen molar-refractivity contribution in [3.63, 3.8) is 0 Å². The Hall–Kier alpha value is -0.650. The molecule has 14 heavy (non-hydrogen) atoms. The number of rotatable bonds is 6. The summed E-state index contributed by atoms with van der Waals surface area (Å²) in [5.74, 6) is 0. The van der Waals surface area contributed by atoms with E-state index in [0.717, 1.165) is 31.9 Å². The van der Waals surface area contributed by atoms with Crippen LogP contribution in [0.15, 0.2) is 6.20 Å². The average Bonchev–Trinajstić information content (AvgIpc) is 2.55. The van der Waals surface area contributed by atoms with Gasteiger partial charge in [0.25, 0.3) is 0 Å².